The lowest BCUT2D eigenvalue weighted by Crippen LogP contribution is -2.38. The van der Waals surface area contributed by atoms with Gasteiger partial charge in [-0.05, 0) is 60.5 Å². The van der Waals surface area contributed by atoms with Crippen LogP contribution in [0.1, 0.15) is 34.8 Å². The number of carbonyl (C=O) groups is 2. The molecule has 33 heavy (non-hydrogen) atoms. The molecule has 0 unspecified atom stereocenters. The largest absolute Gasteiger partial charge is 0.497 e. The number of ether oxygens (including phenoxy) is 2. The Labute approximate surface area is 198 Å². The van der Waals surface area contributed by atoms with Crippen molar-refractivity contribution in [1.82, 2.24) is 4.90 Å². The maximum absolute atomic E-state index is 13.1. The lowest BCUT2D eigenvalue weighted by atomic mass is 10.1. The molecule has 0 radical (unpaired) electrons. The van der Waals surface area contributed by atoms with E-state index in [2.05, 4.69) is 5.32 Å². The van der Waals surface area contributed by atoms with Crippen LogP contribution >= 0.6 is 11.6 Å². The van der Waals surface area contributed by atoms with Crippen LogP contribution in [0, 0.1) is 0 Å². The van der Waals surface area contributed by atoms with E-state index in [4.69, 9.17) is 21.1 Å². The van der Waals surface area contributed by atoms with Gasteiger partial charge in [-0.1, -0.05) is 36.7 Å². The van der Waals surface area contributed by atoms with Gasteiger partial charge in [-0.15, -0.1) is 0 Å². The van der Waals surface area contributed by atoms with Gasteiger partial charge in [0.05, 0.1) is 7.11 Å². The number of rotatable bonds is 6. The van der Waals surface area contributed by atoms with E-state index in [1.165, 1.54) is 0 Å². The van der Waals surface area contributed by atoms with Crippen molar-refractivity contribution in [1.29, 1.82) is 0 Å². The van der Waals surface area contributed by atoms with Gasteiger partial charge in [0.1, 0.15) is 11.5 Å². The van der Waals surface area contributed by atoms with E-state index in [9.17, 15) is 9.59 Å². The van der Waals surface area contributed by atoms with Gasteiger partial charge >= 0.3 is 0 Å². The summed E-state index contributed by atoms with van der Waals surface area (Å²) in [6, 6.07) is 19.8. The SMILES string of the molecule is CC[C@@H]1Oc2ccc(NC(=O)c3cccc(OC)c3)cc2CN(Cc2ccc(Cl)cc2)C1=O. The van der Waals surface area contributed by atoms with Crippen molar-refractivity contribution >= 4 is 29.1 Å². The van der Waals surface area contributed by atoms with Gasteiger partial charge in [-0.2, -0.15) is 0 Å². The smallest absolute Gasteiger partial charge is 0.264 e. The molecule has 1 N–H and O–H groups in total. The zero-order chi connectivity index (χ0) is 23.4. The fraction of sp³-hybridized carbons (Fsp3) is 0.231. The number of carbonyl (C=O) groups excluding carboxylic acids is 2. The summed E-state index contributed by atoms with van der Waals surface area (Å²) in [5.74, 6) is 0.947. The number of nitrogens with zero attached hydrogens (tertiary/aromatic N) is 1. The Bertz CT molecular complexity index is 1160. The van der Waals surface area contributed by atoms with Crippen molar-refractivity contribution < 1.29 is 19.1 Å². The topological polar surface area (TPSA) is 67.9 Å². The van der Waals surface area contributed by atoms with Gasteiger partial charge in [-0.25, -0.2) is 0 Å². The first kappa shape index (κ1) is 22.7. The number of anilines is 1. The zero-order valence-electron chi connectivity index (χ0n) is 18.5. The molecule has 4 rings (SSSR count). The van der Waals surface area contributed by atoms with Gasteiger partial charge in [0.25, 0.3) is 11.8 Å². The molecule has 170 valence electrons. The summed E-state index contributed by atoms with van der Waals surface area (Å²) in [6.45, 7) is 2.74. The molecule has 7 heteroatoms. The van der Waals surface area contributed by atoms with Crippen molar-refractivity contribution in [2.24, 2.45) is 0 Å². The van der Waals surface area contributed by atoms with Crippen LogP contribution in [0.5, 0.6) is 11.5 Å². The monoisotopic (exact) mass is 464 g/mol. The van der Waals surface area contributed by atoms with Gasteiger partial charge < -0.3 is 19.7 Å². The molecule has 1 aliphatic heterocycles. The van der Waals surface area contributed by atoms with E-state index >= 15 is 0 Å². The van der Waals surface area contributed by atoms with Crippen LogP contribution < -0.4 is 14.8 Å². The predicted molar refractivity (Wildman–Crippen MR) is 128 cm³/mol. The molecule has 0 bridgehead atoms. The van der Waals surface area contributed by atoms with Crippen molar-refractivity contribution in [3.63, 3.8) is 0 Å². The predicted octanol–water partition coefficient (Wildman–Crippen LogP) is 5.30. The second-order valence-electron chi connectivity index (χ2n) is 7.84. The minimum absolute atomic E-state index is 0.0642. The van der Waals surface area contributed by atoms with Gasteiger partial charge in [-0.3, -0.25) is 9.59 Å². The highest BCUT2D eigenvalue weighted by molar-refractivity contribution is 6.30. The minimum Gasteiger partial charge on any atom is -0.497 e. The molecule has 1 atom stereocenters. The molecule has 0 aromatic heterocycles. The maximum Gasteiger partial charge on any atom is 0.264 e. The molecule has 0 aliphatic carbocycles. The number of hydrogen-bond acceptors (Lipinski definition) is 4. The molecule has 6 nitrogen and oxygen atoms in total. The Morgan fingerprint density at radius 2 is 1.94 bits per heavy atom. The van der Waals surface area contributed by atoms with E-state index in [0.717, 1.165) is 11.1 Å². The van der Waals surface area contributed by atoms with Gasteiger partial charge in [0.15, 0.2) is 6.10 Å². The fourth-order valence-electron chi connectivity index (χ4n) is 3.76. The van der Waals surface area contributed by atoms with Crippen LogP contribution in [-0.2, 0) is 17.9 Å². The fourth-order valence-corrected chi connectivity index (χ4v) is 3.88. The van der Waals surface area contributed by atoms with E-state index in [-0.39, 0.29) is 11.8 Å². The molecule has 0 fully saturated rings. The number of amides is 2. The van der Waals surface area contributed by atoms with Gasteiger partial charge in [0, 0.05) is 34.9 Å². The van der Waals surface area contributed by atoms with E-state index in [1.807, 2.05) is 37.3 Å². The van der Waals surface area contributed by atoms with Crippen molar-refractivity contribution in [3.8, 4) is 11.5 Å². The Morgan fingerprint density at radius 3 is 2.67 bits per heavy atom. The quantitative estimate of drug-likeness (QED) is 0.537. The molecule has 0 spiro atoms. The van der Waals surface area contributed by atoms with Crippen molar-refractivity contribution in [2.45, 2.75) is 32.5 Å². The highest BCUT2D eigenvalue weighted by Gasteiger charge is 2.30. The van der Waals surface area contributed by atoms with Crippen molar-refractivity contribution in [2.75, 3.05) is 12.4 Å². The molecule has 3 aromatic carbocycles. The molecule has 1 heterocycles. The van der Waals surface area contributed by atoms with E-state index in [1.54, 1.807) is 48.4 Å². The summed E-state index contributed by atoms with van der Waals surface area (Å²) < 4.78 is 11.2. The van der Waals surface area contributed by atoms with Crippen LogP contribution in [0.2, 0.25) is 5.02 Å². The number of benzene rings is 3. The van der Waals surface area contributed by atoms with Crippen LogP contribution in [0.25, 0.3) is 0 Å². The van der Waals surface area contributed by atoms with Gasteiger partial charge in [0.2, 0.25) is 0 Å². The summed E-state index contributed by atoms with van der Waals surface area (Å²) in [7, 11) is 1.56. The number of hydrogen-bond donors (Lipinski definition) is 1. The third-order valence-corrected chi connectivity index (χ3v) is 5.78. The molecule has 0 saturated heterocycles. The third-order valence-electron chi connectivity index (χ3n) is 5.53. The van der Waals surface area contributed by atoms with E-state index in [0.29, 0.717) is 47.3 Å². The normalized spacial score (nSPS) is 15.3. The summed E-state index contributed by atoms with van der Waals surface area (Å²) in [5.41, 5.74) is 2.93. The maximum atomic E-state index is 13.1. The third kappa shape index (κ3) is 5.29. The first-order chi connectivity index (χ1) is 16.0. The number of methoxy groups -OCH3 is 1. The Kier molecular flexibility index (Phi) is 6.84. The number of halogens is 1. The van der Waals surface area contributed by atoms with Crippen LogP contribution in [0.15, 0.2) is 66.7 Å². The summed E-state index contributed by atoms with van der Waals surface area (Å²) >= 11 is 6.00. The first-order valence-electron chi connectivity index (χ1n) is 10.7. The molecule has 3 aromatic rings. The number of fused-ring (bicyclic) bond motifs is 1. The summed E-state index contributed by atoms with van der Waals surface area (Å²) in [6.07, 6.45) is -0.000223. The highest BCUT2D eigenvalue weighted by atomic mass is 35.5. The van der Waals surface area contributed by atoms with Crippen LogP contribution in [-0.4, -0.2) is 29.9 Å². The van der Waals surface area contributed by atoms with Crippen LogP contribution in [0.3, 0.4) is 0 Å². The summed E-state index contributed by atoms with van der Waals surface area (Å²) in [4.78, 5) is 27.6. The highest BCUT2D eigenvalue weighted by Crippen LogP contribution is 2.30. The summed E-state index contributed by atoms with van der Waals surface area (Å²) in [5, 5.41) is 3.57. The van der Waals surface area contributed by atoms with Crippen LogP contribution in [0.4, 0.5) is 5.69 Å². The average Bonchev–Trinajstić information content (AvgIpc) is 2.96. The minimum atomic E-state index is -0.559. The molecule has 2 amide bonds. The van der Waals surface area contributed by atoms with Crippen molar-refractivity contribution in [3.05, 3.63) is 88.4 Å². The standard InChI is InChI=1S/C26H25ClN2O4/c1-3-23-26(31)29(15-17-7-9-20(27)10-8-17)16-19-13-21(11-12-24(19)33-23)28-25(30)18-5-4-6-22(14-18)32-2/h4-14,23H,3,15-16H2,1-2H3,(H,28,30)/t23-/m0/s1. The Morgan fingerprint density at radius 1 is 1.15 bits per heavy atom. The Hall–Kier alpha value is -3.51. The lowest BCUT2D eigenvalue weighted by Gasteiger charge is -2.23. The number of nitrogens with one attached hydrogen (secondary N) is 1. The first-order valence-corrected chi connectivity index (χ1v) is 11.1. The Balaban J connectivity index is 1.57. The second kappa shape index (κ2) is 9.96. The molecule has 1 aliphatic rings. The lowest BCUT2D eigenvalue weighted by molar-refractivity contribution is -0.139. The second-order valence-corrected chi connectivity index (χ2v) is 8.28. The molecular formula is C26H25ClN2O4. The van der Waals surface area contributed by atoms with E-state index < -0.39 is 6.10 Å². The zero-order valence-corrected chi connectivity index (χ0v) is 19.3. The average molecular weight is 465 g/mol. The molecule has 0 saturated carbocycles. The molecular weight excluding hydrogens is 440 g/mol.